The molecule has 3 rings (SSSR count). The number of imidazole rings is 1. The summed E-state index contributed by atoms with van der Waals surface area (Å²) in [6, 6.07) is 3.38. The summed E-state index contributed by atoms with van der Waals surface area (Å²) in [6.07, 6.45) is 4.98. The van der Waals surface area contributed by atoms with E-state index >= 15 is 0 Å². The first-order valence-corrected chi connectivity index (χ1v) is 6.42. The zero-order valence-electron chi connectivity index (χ0n) is 10.0. The van der Waals surface area contributed by atoms with Crippen LogP contribution in [0.15, 0.2) is 46.7 Å². The second kappa shape index (κ2) is 5.06. The van der Waals surface area contributed by atoms with Crippen molar-refractivity contribution >= 4 is 23.2 Å². The normalized spacial score (nSPS) is 10.9. The van der Waals surface area contributed by atoms with E-state index in [0.29, 0.717) is 16.5 Å². The van der Waals surface area contributed by atoms with Gasteiger partial charge in [0.25, 0.3) is 0 Å². The first kappa shape index (κ1) is 12.8. The van der Waals surface area contributed by atoms with Gasteiger partial charge in [0.1, 0.15) is 16.7 Å². The van der Waals surface area contributed by atoms with Gasteiger partial charge in [0.15, 0.2) is 11.5 Å². The third kappa shape index (κ3) is 2.30. The maximum Gasteiger partial charge on any atom is 0.170 e. The highest BCUT2D eigenvalue weighted by molar-refractivity contribution is 7.99. The predicted octanol–water partition coefficient (Wildman–Crippen LogP) is 2.44. The minimum atomic E-state index is -0.646. The minimum absolute atomic E-state index is 0.262. The number of halogens is 2. The number of nitrogen functional groups attached to an aromatic ring is 1. The number of fused-ring (bicyclic) bond motifs is 1. The number of nitrogens with one attached hydrogen (secondary N) is 1. The molecule has 0 saturated heterocycles. The predicted molar refractivity (Wildman–Crippen MR) is 71.3 cm³/mol. The smallest absolute Gasteiger partial charge is 0.170 e. The van der Waals surface area contributed by atoms with Gasteiger partial charge in [0, 0.05) is 23.4 Å². The molecule has 0 bridgehead atoms. The zero-order valence-corrected chi connectivity index (χ0v) is 10.9. The number of benzene rings is 1. The maximum absolute atomic E-state index is 13.7. The molecule has 0 spiro atoms. The molecule has 0 aliphatic rings. The molecule has 0 atom stereocenters. The van der Waals surface area contributed by atoms with Crippen LogP contribution in [0.3, 0.4) is 0 Å². The van der Waals surface area contributed by atoms with E-state index in [4.69, 9.17) is 5.84 Å². The van der Waals surface area contributed by atoms with Gasteiger partial charge >= 0.3 is 0 Å². The topological polar surface area (TPSA) is 68.2 Å². The molecule has 0 aliphatic heterocycles. The van der Waals surface area contributed by atoms with Crippen LogP contribution in [0.2, 0.25) is 0 Å². The molecule has 0 aliphatic carbocycles. The summed E-state index contributed by atoms with van der Waals surface area (Å²) in [5, 5.41) is 0.468. The summed E-state index contributed by atoms with van der Waals surface area (Å²) in [7, 11) is 0. The molecule has 0 fully saturated rings. The molecular weight excluding hydrogens is 284 g/mol. The van der Waals surface area contributed by atoms with Gasteiger partial charge in [0.05, 0.1) is 6.20 Å². The standard InChI is InChI=1S/C12H9F2N5S/c13-7-1-2-9(8(14)5-7)20-12-11-16-3-4-19(11)6-10(17-12)18-15/h1-6,18H,15H2. The quantitative estimate of drug-likeness (QED) is 0.573. The van der Waals surface area contributed by atoms with Gasteiger partial charge < -0.3 is 9.83 Å². The second-order valence-electron chi connectivity index (χ2n) is 3.91. The summed E-state index contributed by atoms with van der Waals surface area (Å²) in [4.78, 5) is 8.65. The van der Waals surface area contributed by atoms with Crippen LogP contribution in [0, 0.1) is 11.6 Å². The molecule has 0 unspecified atom stereocenters. The Morgan fingerprint density at radius 2 is 2.15 bits per heavy atom. The Hall–Kier alpha value is -2.19. The molecule has 20 heavy (non-hydrogen) atoms. The highest BCUT2D eigenvalue weighted by Crippen LogP contribution is 2.31. The Bertz CT molecular complexity index is 774. The van der Waals surface area contributed by atoms with Crippen LogP contribution in [-0.4, -0.2) is 14.4 Å². The van der Waals surface area contributed by atoms with Crippen LogP contribution in [0.5, 0.6) is 0 Å². The van der Waals surface area contributed by atoms with Crippen LogP contribution in [0.25, 0.3) is 5.65 Å². The Balaban J connectivity index is 2.07. The van der Waals surface area contributed by atoms with Crippen molar-refractivity contribution in [2.75, 3.05) is 5.43 Å². The summed E-state index contributed by atoms with van der Waals surface area (Å²) in [6.45, 7) is 0. The molecule has 2 heterocycles. The zero-order chi connectivity index (χ0) is 14.1. The van der Waals surface area contributed by atoms with Gasteiger partial charge in [0.2, 0.25) is 0 Å². The molecule has 3 N–H and O–H groups in total. The molecule has 102 valence electrons. The van der Waals surface area contributed by atoms with Crippen LogP contribution in [0.1, 0.15) is 0 Å². The van der Waals surface area contributed by atoms with Crippen molar-refractivity contribution in [2.45, 2.75) is 9.92 Å². The molecule has 1 aromatic carbocycles. The van der Waals surface area contributed by atoms with Crippen LogP contribution in [0.4, 0.5) is 14.6 Å². The Kier molecular flexibility index (Phi) is 3.25. The molecule has 0 amide bonds. The summed E-state index contributed by atoms with van der Waals surface area (Å²) < 4.78 is 28.3. The number of hydrazine groups is 1. The SMILES string of the molecule is NNc1cn2ccnc2c(Sc2ccc(F)cc2F)n1. The van der Waals surface area contributed by atoms with Crippen LogP contribution >= 0.6 is 11.8 Å². The fourth-order valence-electron chi connectivity index (χ4n) is 1.70. The highest BCUT2D eigenvalue weighted by Gasteiger charge is 2.12. The third-order valence-corrected chi connectivity index (χ3v) is 3.61. The largest absolute Gasteiger partial charge is 0.307 e. The summed E-state index contributed by atoms with van der Waals surface area (Å²) in [5.41, 5.74) is 3.00. The number of rotatable bonds is 3. The number of nitrogens with two attached hydrogens (primary N) is 1. The number of hydrogen-bond acceptors (Lipinski definition) is 5. The van der Waals surface area contributed by atoms with Crippen molar-refractivity contribution in [3.63, 3.8) is 0 Å². The van der Waals surface area contributed by atoms with Crippen molar-refractivity contribution in [1.29, 1.82) is 0 Å². The Labute approximate surface area is 116 Å². The lowest BCUT2D eigenvalue weighted by molar-refractivity contribution is 0.565. The average Bonchev–Trinajstić information content (AvgIpc) is 2.90. The fraction of sp³-hybridized carbons (Fsp3) is 0. The number of nitrogens with zero attached hydrogens (tertiary/aromatic N) is 3. The molecule has 0 radical (unpaired) electrons. The summed E-state index contributed by atoms with van der Waals surface area (Å²) >= 11 is 1.05. The molecular formula is C12H9F2N5S. The average molecular weight is 293 g/mol. The molecule has 2 aromatic heterocycles. The first-order chi connectivity index (χ1) is 9.67. The van der Waals surface area contributed by atoms with E-state index in [0.717, 1.165) is 17.8 Å². The van der Waals surface area contributed by atoms with Crippen molar-refractivity contribution in [1.82, 2.24) is 14.4 Å². The van der Waals surface area contributed by atoms with E-state index in [9.17, 15) is 8.78 Å². The lowest BCUT2D eigenvalue weighted by Crippen LogP contribution is -2.10. The Morgan fingerprint density at radius 3 is 2.90 bits per heavy atom. The lowest BCUT2D eigenvalue weighted by Gasteiger charge is -2.07. The van der Waals surface area contributed by atoms with Gasteiger partial charge in [-0.2, -0.15) is 0 Å². The van der Waals surface area contributed by atoms with Crippen LogP contribution < -0.4 is 11.3 Å². The fourth-order valence-corrected chi connectivity index (χ4v) is 2.60. The van der Waals surface area contributed by atoms with Gasteiger partial charge in [-0.15, -0.1) is 0 Å². The van der Waals surface area contributed by atoms with E-state index in [-0.39, 0.29) is 4.90 Å². The van der Waals surface area contributed by atoms with Crippen LogP contribution in [-0.2, 0) is 0 Å². The molecule has 3 aromatic rings. The van der Waals surface area contributed by atoms with Gasteiger partial charge in [-0.05, 0) is 12.1 Å². The van der Waals surface area contributed by atoms with E-state index in [2.05, 4.69) is 15.4 Å². The van der Waals surface area contributed by atoms with Crippen molar-refractivity contribution in [3.8, 4) is 0 Å². The lowest BCUT2D eigenvalue weighted by atomic mass is 10.3. The van der Waals surface area contributed by atoms with Crippen molar-refractivity contribution in [2.24, 2.45) is 5.84 Å². The maximum atomic E-state index is 13.7. The number of anilines is 1. The minimum Gasteiger partial charge on any atom is -0.307 e. The molecule has 5 nitrogen and oxygen atoms in total. The van der Waals surface area contributed by atoms with Crippen molar-refractivity contribution in [3.05, 3.63) is 48.4 Å². The molecule has 8 heteroatoms. The highest BCUT2D eigenvalue weighted by atomic mass is 32.2. The monoisotopic (exact) mass is 293 g/mol. The number of hydrogen-bond donors (Lipinski definition) is 2. The van der Waals surface area contributed by atoms with E-state index in [1.54, 1.807) is 23.0 Å². The van der Waals surface area contributed by atoms with Gasteiger partial charge in [-0.3, -0.25) is 0 Å². The van der Waals surface area contributed by atoms with E-state index < -0.39 is 11.6 Å². The van der Waals surface area contributed by atoms with E-state index in [1.807, 2.05) is 0 Å². The Morgan fingerprint density at radius 1 is 1.30 bits per heavy atom. The van der Waals surface area contributed by atoms with Crippen molar-refractivity contribution < 1.29 is 8.78 Å². The van der Waals surface area contributed by atoms with E-state index in [1.165, 1.54) is 12.1 Å². The first-order valence-electron chi connectivity index (χ1n) is 5.60. The number of aromatic nitrogens is 3. The second-order valence-corrected chi connectivity index (χ2v) is 4.94. The third-order valence-electron chi connectivity index (χ3n) is 2.59. The summed E-state index contributed by atoms with van der Waals surface area (Å²) in [5.74, 6) is 4.49. The van der Waals surface area contributed by atoms with Gasteiger partial charge in [-0.1, -0.05) is 11.8 Å². The molecule has 0 saturated carbocycles. The van der Waals surface area contributed by atoms with Gasteiger partial charge in [-0.25, -0.2) is 24.6 Å².